The fourth-order valence-corrected chi connectivity index (χ4v) is 5.27. The maximum absolute atomic E-state index is 12.5. The van der Waals surface area contributed by atoms with Crippen molar-refractivity contribution < 1.29 is 18.6 Å². The molecule has 0 aliphatic heterocycles. The summed E-state index contributed by atoms with van der Waals surface area (Å²) in [5.74, 6) is 0.279. The molecule has 0 radical (unpaired) electrons. The van der Waals surface area contributed by atoms with Gasteiger partial charge in [0.05, 0.1) is 28.2 Å². The number of amides is 2. The highest BCUT2D eigenvalue weighted by atomic mass is 16.2. The zero-order valence-corrected chi connectivity index (χ0v) is 28.1. The van der Waals surface area contributed by atoms with Gasteiger partial charge in [0.25, 0.3) is 11.8 Å². The second-order valence-electron chi connectivity index (χ2n) is 13.7. The van der Waals surface area contributed by atoms with E-state index in [2.05, 4.69) is 52.7 Å². The molecule has 0 spiro atoms. The third-order valence-corrected chi connectivity index (χ3v) is 8.16. The molecule has 0 rings (SSSR count). The van der Waals surface area contributed by atoms with Gasteiger partial charge in [-0.25, -0.2) is 0 Å². The number of rotatable bonds is 29. The van der Waals surface area contributed by atoms with Crippen molar-refractivity contribution in [2.24, 2.45) is 0 Å². The van der Waals surface area contributed by atoms with Gasteiger partial charge in [-0.2, -0.15) is 0 Å². The van der Waals surface area contributed by atoms with Crippen LogP contribution in [0.3, 0.4) is 0 Å². The van der Waals surface area contributed by atoms with Crippen LogP contribution in [0.25, 0.3) is 0 Å². The van der Waals surface area contributed by atoms with Crippen molar-refractivity contribution in [3.63, 3.8) is 0 Å². The van der Waals surface area contributed by atoms with Crippen molar-refractivity contribution >= 4 is 11.8 Å². The summed E-state index contributed by atoms with van der Waals surface area (Å²) in [4.78, 5) is 25.0. The van der Waals surface area contributed by atoms with Crippen LogP contribution >= 0.6 is 0 Å². The van der Waals surface area contributed by atoms with Crippen molar-refractivity contribution in [1.29, 1.82) is 0 Å². The van der Waals surface area contributed by atoms with Gasteiger partial charge in [-0.15, -0.1) is 0 Å². The number of hydrogen-bond donors (Lipinski definition) is 2. The summed E-state index contributed by atoms with van der Waals surface area (Å²) in [7, 11) is 8.47. The van der Waals surface area contributed by atoms with E-state index < -0.39 is 0 Å². The van der Waals surface area contributed by atoms with E-state index in [1.165, 1.54) is 116 Å². The molecule has 0 aromatic carbocycles. The Labute approximate surface area is 250 Å². The quantitative estimate of drug-likeness (QED) is 0.0740. The first kappa shape index (κ1) is 38.9. The van der Waals surface area contributed by atoms with E-state index in [1.54, 1.807) is 0 Å². The Hall–Kier alpha value is -1.14. The molecule has 238 valence electrons. The zero-order valence-electron chi connectivity index (χ0n) is 28.1. The van der Waals surface area contributed by atoms with Crippen LogP contribution in [0.5, 0.6) is 0 Å². The number of nitrogens with zero attached hydrogens (tertiary/aromatic N) is 2. The Bertz CT molecular complexity index is 555. The van der Waals surface area contributed by atoms with E-state index in [1.807, 2.05) is 0 Å². The van der Waals surface area contributed by atoms with Gasteiger partial charge in [0.15, 0.2) is 13.1 Å². The van der Waals surface area contributed by atoms with Gasteiger partial charge in [-0.05, 0) is 12.8 Å². The van der Waals surface area contributed by atoms with Gasteiger partial charge < -0.3 is 19.6 Å². The molecule has 6 nitrogen and oxygen atoms in total. The molecule has 2 amide bonds. The minimum atomic E-state index is 0.139. The molecular formula is C34H72N4O2+2. The van der Waals surface area contributed by atoms with Crippen LogP contribution in [0.4, 0.5) is 0 Å². The van der Waals surface area contributed by atoms with Gasteiger partial charge in [-0.1, -0.05) is 129 Å². The maximum Gasteiger partial charge on any atom is 0.275 e. The summed E-state index contributed by atoms with van der Waals surface area (Å²) in [6.07, 6.45) is 26.2. The van der Waals surface area contributed by atoms with E-state index in [0.717, 1.165) is 39.0 Å². The summed E-state index contributed by atoms with van der Waals surface area (Å²) in [5.41, 5.74) is 0. The zero-order chi connectivity index (χ0) is 30.0. The molecule has 40 heavy (non-hydrogen) atoms. The summed E-state index contributed by atoms with van der Waals surface area (Å²) in [5, 5.41) is 6.25. The van der Waals surface area contributed by atoms with Gasteiger partial charge in [0.1, 0.15) is 13.1 Å². The molecule has 0 aromatic heterocycles. The smallest absolute Gasteiger partial charge is 0.275 e. The second kappa shape index (κ2) is 25.6. The summed E-state index contributed by atoms with van der Waals surface area (Å²) in [6, 6.07) is 0. The molecule has 0 aromatic rings. The molecule has 0 saturated carbocycles. The number of carbonyl (C=O) groups is 2. The van der Waals surface area contributed by atoms with Crippen LogP contribution in [-0.4, -0.2) is 88.2 Å². The molecule has 0 aliphatic rings. The Morgan fingerprint density at radius 3 is 0.950 bits per heavy atom. The van der Waals surface area contributed by atoms with Crippen LogP contribution in [0.2, 0.25) is 0 Å². The normalized spacial score (nSPS) is 12.1. The van der Waals surface area contributed by atoms with Gasteiger partial charge >= 0.3 is 0 Å². The summed E-state index contributed by atoms with van der Waals surface area (Å²) in [6.45, 7) is 8.82. The molecule has 0 atom stereocenters. The van der Waals surface area contributed by atoms with Crippen LogP contribution in [-0.2, 0) is 9.59 Å². The van der Waals surface area contributed by atoms with E-state index in [0.29, 0.717) is 22.1 Å². The number of unbranched alkanes of at least 4 members (excludes halogenated alkanes) is 18. The van der Waals surface area contributed by atoms with Crippen molar-refractivity contribution in [3.05, 3.63) is 0 Å². The Balaban J connectivity index is 3.84. The first-order valence-electron chi connectivity index (χ1n) is 17.3. The first-order chi connectivity index (χ1) is 19.1. The van der Waals surface area contributed by atoms with Gasteiger partial charge in [-0.3, -0.25) is 9.59 Å². The third kappa shape index (κ3) is 27.1. The highest BCUT2D eigenvalue weighted by Gasteiger charge is 2.27. The van der Waals surface area contributed by atoms with Crippen molar-refractivity contribution in [1.82, 2.24) is 10.6 Å². The van der Waals surface area contributed by atoms with E-state index in [4.69, 9.17) is 0 Å². The monoisotopic (exact) mass is 569 g/mol. The molecule has 0 bridgehead atoms. The van der Waals surface area contributed by atoms with Crippen molar-refractivity contribution in [3.8, 4) is 0 Å². The van der Waals surface area contributed by atoms with Crippen LogP contribution in [0.15, 0.2) is 0 Å². The SMILES string of the molecule is CCCCCCCCCCCCNC(=O)C[N+](C)(C)CC[N+](C)(C)CC(=O)NCCCCCCCCCCCC. The average molecular weight is 569 g/mol. The number of carbonyl (C=O) groups excluding carboxylic acids is 2. The minimum Gasteiger partial charge on any atom is -0.351 e. The predicted molar refractivity (Wildman–Crippen MR) is 173 cm³/mol. The van der Waals surface area contributed by atoms with Crippen LogP contribution < -0.4 is 10.6 Å². The topological polar surface area (TPSA) is 58.2 Å². The fourth-order valence-electron chi connectivity index (χ4n) is 5.27. The Morgan fingerprint density at radius 1 is 0.425 bits per heavy atom. The van der Waals surface area contributed by atoms with E-state index in [-0.39, 0.29) is 11.8 Å². The van der Waals surface area contributed by atoms with Crippen LogP contribution in [0.1, 0.15) is 142 Å². The average Bonchev–Trinajstić information content (AvgIpc) is 2.89. The summed E-state index contributed by atoms with van der Waals surface area (Å²) < 4.78 is 1.29. The molecule has 0 saturated heterocycles. The van der Waals surface area contributed by atoms with Crippen molar-refractivity contribution in [2.45, 2.75) is 142 Å². The Morgan fingerprint density at radius 2 is 0.675 bits per heavy atom. The van der Waals surface area contributed by atoms with Crippen molar-refractivity contribution in [2.75, 3.05) is 67.5 Å². The second-order valence-corrected chi connectivity index (χ2v) is 13.7. The third-order valence-electron chi connectivity index (χ3n) is 8.16. The highest BCUT2D eigenvalue weighted by Crippen LogP contribution is 2.11. The van der Waals surface area contributed by atoms with Crippen LogP contribution in [0, 0.1) is 0 Å². The fraction of sp³-hybridized carbons (Fsp3) is 0.941. The predicted octanol–water partition coefficient (Wildman–Crippen LogP) is 7.21. The minimum absolute atomic E-state index is 0.139. The first-order valence-corrected chi connectivity index (χ1v) is 17.3. The molecule has 2 N–H and O–H groups in total. The number of quaternary nitrogens is 2. The lowest BCUT2D eigenvalue weighted by Gasteiger charge is -2.34. The lowest BCUT2D eigenvalue weighted by atomic mass is 10.1. The van der Waals surface area contributed by atoms with E-state index >= 15 is 0 Å². The number of nitrogens with one attached hydrogen (secondary N) is 2. The lowest BCUT2D eigenvalue weighted by molar-refractivity contribution is -0.938. The largest absolute Gasteiger partial charge is 0.351 e. The standard InChI is InChI=1S/C34H70N4O2/c1-7-9-11-13-15-17-19-21-23-25-27-35-33(39)31-37(3,4)29-30-38(5,6)32-34(40)36-28-26-24-22-20-18-16-14-12-10-8-2/h7-32H2,1-6H3/p+2. The van der Waals surface area contributed by atoms with Gasteiger partial charge in [0.2, 0.25) is 0 Å². The highest BCUT2D eigenvalue weighted by molar-refractivity contribution is 5.77. The molecule has 0 heterocycles. The lowest BCUT2D eigenvalue weighted by Crippen LogP contribution is -2.56. The maximum atomic E-state index is 12.5. The molecule has 0 fully saturated rings. The Kier molecular flexibility index (Phi) is 24.8. The summed E-state index contributed by atoms with van der Waals surface area (Å²) >= 11 is 0. The number of likely N-dealkylation sites (N-methyl/N-ethyl adjacent to an activating group) is 2. The number of hydrogen-bond acceptors (Lipinski definition) is 2. The molecule has 6 heteroatoms. The molecule has 0 unspecified atom stereocenters. The van der Waals surface area contributed by atoms with E-state index in [9.17, 15) is 9.59 Å². The molecule has 0 aliphatic carbocycles. The van der Waals surface area contributed by atoms with Gasteiger partial charge in [0, 0.05) is 13.1 Å². The molecular weight excluding hydrogens is 496 g/mol.